The minimum absolute atomic E-state index is 0.194. The largest absolute Gasteiger partial charge is 0.497 e. The van der Waals surface area contributed by atoms with Crippen LogP contribution in [0.4, 0.5) is 0 Å². The zero-order chi connectivity index (χ0) is 22.1. The molecule has 2 atom stereocenters. The fourth-order valence-electron chi connectivity index (χ4n) is 3.88. The smallest absolute Gasteiger partial charge is 0.254 e. The van der Waals surface area contributed by atoms with Crippen molar-refractivity contribution in [2.24, 2.45) is 0 Å². The summed E-state index contributed by atoms with van der Waals surface area (Å²) in [5.41, 5.74) is 4.45. The van der Waals surface area contributed by atoms with E-state index in [0.717, 1.165) is 34.6 Å². The average Bonchev–Trinajstić information content (AvgIpc) is 3.27. The first-order chi connectivity index (χ1) is 15.6. The van der Waals surface area contributed by atoms with Crippen LogP contribution in [0.25, 0.3) is 16.9 Å². The van der Waals surface area contributed by atoms with Crippen molar-refractivity contribution in [1.82, 2.24) is 24.9 Å². The highest BCUT2D eigenvalue weighted by molar-refractivity contribution is 5.83. The normalized spacial score (nSPS) is 16.4. The Balaban J connectivity index is 1.35. The minimum atomic E-state index is -0.622. The lowest BCUT2D eigenvalue weighted by Crippen LogP contribution is -2.35. The van der Waals surface area contributed by atoms with Crippen molar-refractivity contribution in [3.63, 3.8) is 0 Å². The van der Waals surface area contributed by atoms with Crippen molar-refractivity contribution in [2.45, 2.75) is 25.5 Å². The Morgan fingerprint density at radius 2 is 2.03 bits per heavy atom. The van der Waals surface area contributed by atoms with Crippen LogP contribution in [0.1, 0.15) is 36.0 Å². The summed E-state index contributed by atoms with van der Waals surface area (Å²) in [6.45, 7) is 2.38. The van der Waals surface area contributed by atoms with Gasteiger partial charge < -0.3 is 14.8 Å². The zero-order valence-corrected chi connectivity index (χ0v) is 17.9. The number of carbonyl (C=O) groups excluding carboxylic acids is 1. The highest BCUT2D eigenvalue weighted by Gasteiger charge is 2.29. The van der Waals surface area contributed by atoms with Gasteiger partial charge in [-0.15, -0.1) is 5.10 Å². The first kappa shape index (κ1) is 20.1. The van der Waals surface area contributed by atoms with Crippen LogP contribution in [0.15, 0.2) is 60.9 Å². The molecule has 162 valence electrons. The van der Waals surface area contributed by atoms with Crippen molar-refractivity contribution in [2.75, 3.05) is 13.7 Å². The molecule has 8 heteroatoms. The number of fused-ring (bicyclic) bond motifs is 2. The second-order valence-corrected chi connectivity index (χ2v) is 7.71. The minimum Gasteiger partial charge on any atom is -0.497 e. The molecule has 2 aromatic carbocycles. The summed E-state index contributed by atoms with van der Waals surface area (Å²) in [6, 6.07) is 17.0. The van der Waals surface area contributed by atoms with Gasteiger partial charge in [-0.1, -0.05) is 24.3 Å². The maximum atomic E-state index is 12.9. The van der Waals surface area contributed by atoms with Crippen LogP contribution in [0.5, 0.6) is 5.75 Å². The van der Waals surface area contributed by atoms with Gasteiger partial charge in [0.05, 0.1) is 25.5 Å². The topological polar surface area (TPSA) is 90.6 Å². The number of hydrogen-bond donors (Lipinski definition) is 1. The Morgan fingerprint density at radius 1 is 1.22 bits per heavy atom. The maximum Gasteiger partial charge on any atom is 0.254 e. The van der Waals surface area contributed by atoms with E-state index in [2.05, 4.69) is 20.4 Å². The van der Waals surface area contributed by atoms with Gasteiger partial charge in [0.25, 0.3) is 5.91 Å². The Labute approximate surface area is 185 Å². The van der Waals surface area contributed by atoms with Crippen molar-refractivity contribution in [3.05, 3.63) is 77.9 Å². The third kappa shape index (κ3) is 3.80. The predicted molar refractivity (Wildman–Crippen MR) is 118 cm³/mol. The molecule has 0 saturated carbocycles. The van der Waals surface area contributed by atoms with Gasteiger partial charge >= 0.3 is 0 Å². The number of nitrogens with one attached hydrogen (secondary N) is 1. The number of rotatable bonds is 5. The Hall–Kier alpha value is -3.78. The summed E-state index contributed by atoms with van der Waals surface area (Å²) in [7, 11) is 1.64. The molecule has 0 aliphatic carbocycles. The summed E-state index contributed by atoms with van der Waals surface area (Å²) < 4.78 is 12.6. The molecule has 1 N–H and O–H groups in total. The lowest BCUT2D eigenvalue weighted by atomic mass is 9.97. The van der Waals surface area contributed by atoms with Crippen LogP contribution < -0.4 is 10.1 Å². The molecule has 0 unspecified atom stereocenters. The van der Waals surface area contributed by atoms with Crippen LogP contribution in [0.3, 0.4) is 0 Å². The van der Waals surface area contributed by atoms with E-state index in [0.29, 0.717) is 18.1 Å². The molecule has 0 bridgehead atoms. The molecule has 1 amide bonds. The molecule has 0 radical (unpaired) electrons. The second-order valence-electron chi connectivity index (χ2n) is 7.71. The van der Waals surface area contributed by atoms with Gasteiger partial charge in [-0.25, -0.2) is 14.5 Å². The molecule has 0 saturated heterocycles. The van der Waals surface area contributed by atoms with Gasteiger partial charge in [-0.3, -0.25) is 4.79 Å². The van der Waals surface area contributed by atoms with Crippen molar-refractivity contribution < 1.29 is 14.3 Å². The number of hydrogen-bond acceptors (Lipinski definition) is 6. The van der Waals surface area contributed by atoms with Gasteiger partial charge in [-0.05, 0) is 48.7 Å². The number of amides is 1. The van der Waals surface area contributed by atoms with Crippen LogP contribution >= 0.6 is 0 Å². The predicted octanol–water partition coefficient (Wildman–Crippen LogP) is 3.29. The SMILES string of the molecule is COc1ccc(-c2cc3nc([C@H](C)NC(=O)[C@H]4OCCc5ccccc54)nn3cn2)cc1. The first-order valence-electron chi connectivity index (χ1n) is 10.5. The van der Waals surface area contributed by atoms with Crippen LogP contribution in [-0.2, 0) is 16.0 Å². The Bertz CT molecular complexity index is 1270. The number of ether oxygens (including phenoxy) is 2. The number of carbonyl (C=O) groups is 1. The van der Waals surface area contributed by atoms with E-state index < -0.39 is 6.10 Å². The summed E-state index contributed by atoms with van der Waals surface area (Å²) in [6.07, 6.45) is 1.82. The first-order valence-corrected chi connectivity index (χ1v) is 10.5. The lowest BCUT2D eigenvalue weighted by Gasteiger charge is -2.26. The molecule has 32 heavy (non-hydrogen) atoms. The molecular formula is C24H23N5O3. The quantitative estimate of drug-likeness (QED) is 0.524. The van der Waals surface area contributed by atoms with Gasteiger partial charge in [-0.2, -0.15) is 0 Å². The van der Waals surface area contributed by atoms with Crippen molar-refractivity contribution in [1.29, 1.82) is 0 Å². The summed E-state index contributed by atoms with van der Waals surface area (Å²) in [4.78, 5) is 22.0. The van der Waals surface area contributed by atoms with E-state index in [1.807, 2.05) is 61.5 Å². The third-order valence-electron chi connectivity index (χ3n) is 5.61. The van der Waals surface area contributed by atoms with E-state index in [9.17, 15) is 4.79 Å². The van der Waals surface area contributed by atoms with E-state index in [1.165, 1.54) is 0 Å². The van der Waals surface area contributed by atoms with Crippen LogP contribution in [0, 0.1) is 0 Å². The second kappa shape index (κ2) is 8.39. The monoisotopic (exact) mass is 429 g/mol. The van der Waals surface area contributed by atoms with Crippen molar-refractivity contribution >= 4 is 11.6 Å². The van der Waals surface area contributed by atoms with Crippen molar-refractivity contribution in [3.8, 4) is 17.0 Å². The number of nitrogens with zero attached hydrogens (tertiary/aromatic N) is 4. The summed E-state index contributed by atoms with van der Waals surface area (Å²) >= 11 is 0. The van der Waals surface area contributed by atoms with E-state index in [1.54, 1.807) is 18.0 Å². The highest BCUT2D eigenvalue weighted by Crippen LogP contribution is 2.28. The average molecular weight is 429 g/mol. The Kier molecular flexibility index (Phi) is 5.28. The van der Waals surface area contributed by atoms with Gasteiger partial charge in [0.15, 0.2) is 17.6 Å². The third-order valence-corrected chi connectivity index (χ3v) is 5.61. The summed E-state index contributed by atoms with van der Waals surface area (Å²) in [5.74, 6) is 1.10. The lowest BCUT2D eigenvalue weighted by molar-refractivity contribution is -0.134. The zero-order valence-electron chi connectivity index (χ0n) is 17.9. The molecule has 2 aromatic heterocycles. The molecule has 5 rings (SSSR count). The van der Waals surface area contributed by atoms with Crippen LogP contribution in [0.2, 0.25) is 0 Å². The Morgan fingerprint density at radius 3 is 2.84 bits per heavy atom. The van der Waals surface area contributed by atoms with E-state index in [-0.39, 0.29) is 11.9 Å². The number of aromatic nitrogens is 4. The molecule has 0 spiro atoms. The van der Waals surface area contributed by atoms with Crippen LogP contribution in [-0.4, -0.2) is 39.2 Å². The van der Waals surface area contributed by atoms with Gasteiger partial charge in [0, 0.05) is 11.6 Å². The number of benzene rings is 2. The molecule has 4 aromatic rings. The van der Waals surface area contributed by atoms with E-state index in [4.69, 9.17) is 9.47 Å². The molecule has 8 nitrogen and oxygen atoms in total. The molecule has 1 aliphatic heterocycles. The standard InChI is InChI=1S/C24H23N5O3/c1-15(26-24(30)22-19-6-4-3-5-16(19)11-12-32-22)23-27-21-13-20(25-14-29(21)28-23)17-7-9-18(31-2)10-8-17/h3-10,13-15,22H,11-12H2,1-2H3,(H,26,30)/t15-,22-/m0/s1. The summed E-state index contributed by atoms with van der Waals surface area (Å²) in [5, 5.41) is 7.47. The molecule has 0 fully saturated rings. The van der Waals surface area contributed by atoms with Gasteiger partial charge in [0.1, 0.15) is 12.1 Å². The van der Waals surface area contributed by atoms with Gasteiger partial charge in [0.2, 0.25) is 0 Å². The fraction of sp³-hybridized carbons (Fsp3) is 0.250. The molecular weight excluding hydrogens is 406 g/mol. The highest BCUT2D eigenvalue weighted by atomic mass is 16.5. The van der Waals surface area contributed by atoms with E-state index >= 15 is 0 Å². The number of methoxy groups -OCH3 is 1. The fourth-order valence-corrected chi connectivity index (χ4v) is 3.88. The maximum absolute atomic E-state index is 12.9. The molecule has 1 aliphatic rings. The molecule has 3 heterocycles.